The third kappa shape index (κ3) is 2.43. The average Bonchev–Trinajstić information content (AvgIpc) is 2.95. The van der Waals surface area contributed by atoms with E-state index in [0.717, 1.165) is 11.4 Å². The molecule has 0 aliphatic heterocycles. The van der Waals surface area contributed by atoms with Crippen molar-refractivity contribution in [2.24, 2.45) is 0 Å². The minimum absolute atomic E-state index is 0.00900. The van der Waals surface area contributed by atoms with Crippen molar-refractivity contribution in [1.82, 2.24) is 19.6 Å². The molecular weight excluding hydrogens is 296 g/mol. The van der Waals surface area contributed by atoms with E-state index in [1.807, 2.05) is 12.1 Å². The molecule has 0 spiro atoms. The van der Waals surface area contributed by atoms with Crippen LogP contribution in [0, 0.1) is 22.7 Å². The summed E-state index contributed by atoms with van der Waals surface area (Å²) in [6, 6.07) is 10.9. The highest BCUT2D eigenvalue weighted by molar-refractivity contribution is 5.61. The number of methoxy groups -OCH3 is 1. The Morgan fingerprint density at radius 3 is 2.52 bits per heavy atom. The van der Waals surface area contributed by atoms with Gasteiger partial charge in [0.2, 0.25) is 5.95 Å². The topological polar surface area (TPSA) is 138 Å². The standard InChI is InChI=1S/C14H10N8O/c1-23-9-4-2-8(3-5-9)18-13-20-14-19-12(17)10(6-15)11(7-16)22(14)21-13/h2-5H,1H3,(H3,17,18,19,20,21). The van der Waals surface area contributed by atoms with Crippen LogP contribution in [-0.2, 0) is 0 Å². The maximum Gasteiger partial charge on any atom is 0.257 e. The Kier molecular flexibility index (Phi) is 3.37. The van der Waals surface area contributed by atoms with Crippen LogP contribution < -0.4 is 15.8 Å². The molecule has 3 rings (SSSR count). The summed E-state index contributed by atoms with van der Waals surface area (Å²) in [7, 11) is 1.58. The Bertz CT molecular complexity index is 962. The average molecular weight is 306 g/mol. The molecule has 0 saturated carbocycles. The summed E-state index contributed by atoms with van der Waals surface area (Å²) in [6.45, 7) is 0. The molecular formula is C14H10N8O. The zero-order valence-corrected chi connectivity index (χ0v) is 12.0. The Morgan fingerprint density at radius 1 is 1.17 bits per heavy atom. The molecule has 2 aromatic heterocycles. The highest BCUT2D eigenvalue weighted by atomic mass is 16.5. The van der Waals surface area contributed by atoms with E-state index in [4.69, 9.17) is 15.7 Å². The van der Waals surface area contributed by atoms with Crippen LogP contribution >= 0.6 is 0 Å². The number of hydrogen-bond donors (Lipinski definition) is 2. The SMILES string of the molecule is COc1ccc(Nc2nc3nc(N)c(C#N)c(C#N)n3n2)cc1. The van der Waals surface area contributed by atoms with Crippen LogP contribution in [0.4, 0.5) is 17.5 Å². The third-order valence-corrected chi connectivity index (χ3v) is 3.08. The molecule has 0 radical (unpaired) electrons. The summed E-state index contributed by atoms with van der Waals surface area (Å²) in [4.78, 5) is 8.13. The largest absolute Gasteiger partial charge is 0.497 e. The summed E-state index contributed by atoms with van der Waals surface area (Å²) >= 11 is 0. The van der Waals surface area contributed by atoms with Crippen molar-refractivity contribution in [1.29, 1.82) is 10.5 Å². The number of ether oxygens (including phenoxy) is 1. The first-order valence-corrected chi connectivity index (χ1v) is 6.43. The summed E-state index contributed by atoms with van der Waals surface area (Å²) in [5.74, 6) is 1.03. The van der Waals surface area contributed by atoms with Crippen molar-refractivity contribution >= 4 is 23.2 Å². The van der Waals surface area contributed by atoms with Crippen LogP contribution in [0.15, 0.2) is 24.3 Å². The number of nitrogens with one attached hydrogen (secondary N) is 1. The molecule has 0 amide bonds. The second-order valence-corrected chi connectivity index (χ2v) is 4.44. The van der Waals surface area contributed by atoms with Gasteiger partial charge in [0.15, 0.2) is 5.69 Å². The number of nitriles is 2. The van der Waals surface area contributed by atoms with Gasteiger partial charge in [0.05, 0.1) is 7.11 Å². The van der Waals surface area contributed by atoms with Gasteiger partial charge in [-0.3, -0.25) is 0 Å². The van der Waals surface area contributed by atoms with Crippen molar-refractivity contribution in [3.8, 4) is 17.9 Å². The predicted molar refractivity (Wildman–Crippen MR) is 80.9 cm³/mol. The molecule has 0 bridgehead atoms. The van der Waals surface area contributed by atoms with E-state index in [9.17, 15) is 5.26 Å². The van der Waals surface area contributed by atoms with Crippen LogP contribution in [0.1, 0.15) is 11.3 Å². The molecule has 3 N–H and O–H groups in total. The van der Waals surface area contributed by atoms with E-state index in [2.05, 4.69) is 20.4 Å². The van der Waals surface area contributed by atoms with E-state index in [-0.39, 0.29) is 28.8 Å². The summed E-state index contributed by atoms with van der Waals surface area (Å²) in [6.07, 6.45) is 0. The lowest BCUT2D eigenvalue weighted by Gasteiger charge is -2.03. The number of aromatic nitrogens is 4. The van der Waals surface area contributed by atoms with Crippen molar-refractivity contribution in [3.05, 3.63) is 35.5 Å². The Labute approximate surface area is 130 Å². The smallest absolute Gasteiger partial charge is 0.257 e. The van der Waals surface area contributed by atoms with Crippen LogP contribution in [0.2, 0.25) is 0 Å². The Morgan fingerprint density at radius 2 is 1.91 bits per heavy atom. The molecule has 3 aromatic rings. The number of nitrogens with zero attached hydrogens (tertiary/aromatic N) is 6. The Balaban J connectivity index is 2.03. The summed E-state index contributed by atoms with van der Waals surface area (Å²) in [5.41, 5.74) is 6.36. The quantitative estimate of drug-likeness (QED) is 0.736. The van der Waals surface area contributed by atoms with E-state index in [0.29, 0.717) is 0 Å². The first-order valence-electron chi connectivity index (χ1n) is 6.43. The maximum absolute atomic E-state index is 9.22. The molecule has 2 heterocycles. The number of nitrogen functional groups attached to an aromatic ring is 1. The fourth-order valence-corrected chi connectivity index (χ4v) is 1.99. The van der Waals surface area contributed by atoms with Crippen LogP contribution in [-0.4, -0.2) is 26.7 Å². The van der Waals surface area contributed by atoms with Crippen LogP contribution in [0.5, 0.6) is 5.75 Å². The van der Waals surface area contributed by atoms with E-state index >= 15 is 0 Å². The lowest BCUT2D eigenvalue weighted by atomic mass is 10.2. The lowest BCUT2D eigenvalue weighted by molar-refractivity contribution is 0.415. The molecule has 0 aliphatic rings. The zero-order valence-electron chi connectivity index (χ0n) is 12.0. The third-order valence-electron chi connectivity index (χ3n) is 3.08. The lowest BCUT2D eigenvalue weighted by Crippen LogP contribution is -2.06. The van der Waals surface area contributed by atoms with Crippen molar-refractivity contribution in [2.45, 2.75) is 0 Å². The Hall–Kier alpha value is -3.85. The molecule has 23 heavy (non-hydrogen) atoms. The number of rotatable bonds is 3. The number of anilines is 3. The number of hydrogen-bond acceptors (Lipinski definition) is 8. The van der Waals surface area contributed by atoms with E-state index in [1.54, 1.807) is 31.4 Å². The number of fused-ring (bicyclic) bond motifs is 1. The highest BCUT2D eigenvalue weighted by Gasteiger charge is 2.16. The predicted octanol–water partition coefficient (Wildman–Crippen LogP) is 1.20. The van der Waals surface area contributed by atoms with Crippen molar-refractivity contribution in [2.75, 3.05) is 18.2 Å². The van der Waals surface area contributed by atoms with Crippen LogP contribution in [0.25, 0.3) is 5.78 Å². The number of nitrogens with two attached hydrogens (primary N) is 1. The van der Waals surface area contributed by atoms with Gasteiger partial charge in [-0.05, 0) is 24.3 Å². The van der Waals surface area contributed by atoms with Gasteiger partial charge in [0, 0.05) is 5.69 Å². The van der Waals surface area contributed by atoms with Gasteiger partial charge >= 0.3 is 0 Å². The van der Waals surface area contributed by atoms with Crippen molar-refractivity contribution in [3.63, 3.8) is 0 Å². The number of benzene rings is 1. The zero-order chi connectivity index (χ0) is 16.4. The highest BCUT2D eigenvalue weighted by Crippen LogP contribution is 2.20. The van der Waals surface area contributed by atoms with Gasteiger partial charge in [-0.25, -0.2) is 0 Å². The second kappa shape index (κ2) is 5.50. The fourth-order valence-electron chi connectivity index (χ4n) is 1.99. The van der Waals surface area contributed by atoms with E-state index < -0.39 is 0 Å². The maximum atomic E-state index is 9.22. The van der Waals surface area contributed by atoms with Gasteiger partial charge in [-0.1, -0.05) is 0 Å². The molecule has 0 fully saturated rings. The molecule has 112 valence electrons. The first kappa shape index (κ1) is 14.1. The normalized spacial score (nSPS) is 10.0. The monoisotopic (exact) mass is 306 g/mol. The van der Waals surface area contributed by atoms with Gasteiger partial charge in [0.1, 0.15) is 29.3 Å². The molecule has 0 saturated heterocycles. The van der Waals surface area contributed by atoms with Crippen molar-refractivity contribution < 1.29 is 4.74 Å². The summed E-state index contributed by atoms with van der Waals surface area (Å²) in [5, 5.41) is 25.4. The molecule has 1 aromatic carbocycles. The first-order chi connectivity index (χ1) is 11.2. The molecule has 9 nitrogen and oxygen atoms in total. The minimum atomic E-state index is -0.0556. The molecule has 0 aliphatic carbocycles. The van der Waals surface area contributed by atoms with Gasteiger partial charge in [-0.15, -0.1) is 5.10 Å². The fraction of sp³-hybridized carbons (Fsp3) is 0.0714. The van der Waals surface area contributed by atoms with Gasteiger partial charge in [0.25, 0.3) is 5.78 Å². The van der Waals surface area contributed by atoms with Gasteiger partial charge < -0.3 is 15.8 Å². The molecule has 0 atom stereocenters. The molecule has 0 unspecified atom stereocenters. The second-order valence-electron chi connectivity index (χ2n) is 4.44. The van der Waals surface area contributed by atoms with Gasteiger partial charge in [-0.2, -0.15) is 25.0 Å². The summed E-state index contributed by atoms with van der Waals surface area (Å²) < 4.78 is 6.26. The minimum Gasteiger partial charge on any atom is -0.497 e. The molecule has 9 heteroatoms. The van der Waals surface area contributed by atoms with E-state index in [1.165, 1.54) is 4.52 Å². The van der Waals surface area contributed by atoms with Crippen LogP contribution in [0.3, 0.4) is 0 Å².